The van der Waals surface area contributed by atoms with Crippen LogP contribution in [0.2, 0.25) is 5.02 Å². The van der Waals surface area contributed by atoms with Crippen LogP contribution < -0.4 is 0 Å². The molecule has 3 rings (SSSR count). The number of carbonyl (C=O) groups is 1. The van der Waals surface area contributed by atoms with Crippen molar-refractivity contribution >= 4 is 28.4 Å². The number of amides is 1. The minimum Gasteiger partial charge on any atom is -0.333 e. The van der Waals surface area contributed by atoms with Crippen molar-refractivity contribution in [2.45, 2.75) is 13.0 Å². The number of carbonyl (C=O) groups excluding carboxylic acids is 1. The molecular formula is C16H18ClN3O. The molecule has 0 radical (unpaired) electrons. The summed E-state index contributed by atoms with van der Waals surface area (Å²) in [6, 6.07) is 7.49. The first kappa shape index (κ1) is 14.3. The van der Waals surface area contributed by atoms with Crippen molar-refractivity contribution in [1.29, 1.82) is 0 Å². The maximum atomic E-state index is 12.9. The molecule has 0 bridgehead atoms. The number of aromatic nitrogens is 1. The van der Waals surface area contributed by atoms with Crippen LogP contribution in [0.3, 0.4) is 0 Å². The highest BCUT2D eigenvalue weighted by Crippen LogP contribution is 2.26. The molecule has 1 aromatic heterocycles. The van der Waals surface area contributed by atoms with E-state index in [-0.39, 0.29) is 11.9 Å². The molecule has 110 valence electrons. The van der Waals surface area contributed by atoms with Crippen LogP contribution in [0.1, 0.15) is 17.3 Å². The van der Waals surface area contributed by atoms with Gasteiger partial charge in [0.2, 0.25) is 0 Å². The van der Waals surface area contributed by atoms with Gasteiger partial charge in [-0.1, -0.05) is 11.6 Å². The van der Waals surface area contributed by atoms with Crippen LogP contribution in [0.4, 0.5) is 0 Å². The highest BCUT2D eigenvalue weighted by atomic mass is 35.5. The molecule has 0 spiro atoms. The molecule has 0 unspecified atom stereocenters. The normalized spacial score (nSPS) is 20.0. The summed E-state index contributed by atoms with van der Waals surface area (Å²) in [4.78, 5) is 21.4. The Kier molecular flexibility index (Phi) is 3.83. The molecule has 1 atom stereocenters. The van der Waals surface area contributed by atoms with Crippen LogP contribution in [-0.4, -0.2) is 53.4 Å². The van der Waals surface area contributed by atoms with Gasteiger partial charge >= 0.3 is 0 Å². The SMILES string of the molecule is C[C@H]1CN(C)CCN1C(=O)c1ccc(Cl)c2cccnc12. The van der Waals surface area contributed by atoms with Crippen molar-refractivity contribution in [3.63, 3.8) is 0 Å². The largest absolute Gasteiger partial charge is 0.333 e. The Hall–Kier alpha value is -1.65. The van der Waals surface area contributed by atoms with Gasteiger partial charge in [0.15, 0.2) is 0 Å². The topological polar surface area (TPSA) is 36.4 Å². The molecule has 1 aliphatic heterocycles. The molecular weight excluding hydrogens is 286 g/mol. The number of piperazine rings is 1. The van der Waals surface area contributed by atoms with Crippen molar-refractivity contribution in [2.24, 2.45) is 0 Å². The smallest absolute Gasteiger partial charge is 0.256 e. The number of rotatable bonds is 1. The van der Waals surface area contributed by atoms with Crippen molar-refractivity contribution in [3.8, 4) is 0 Å². The number of nitrogens with zero attached hydrogens (tertiary/aromatic N) is 3. The summed E-state index contributed by atoms with van der Waals surface area (Å²) in [5.41, 5.74) is 1.31. The van der Waals surface area contributed by atoms with E-state index in [0.29, 0.717) is 16.1 Å². The van der Waals surface area contributed by atoms with Gasteiger partial charge in [-0.25, -0.2) is 0 Å². The molecule has 21 heavy (non-hydrogen) atoms. The fourth-order valence-corrected chi connectivity index (χ4v) is 3.12. The third kappa shape index (κ3) is 2.61. The lowest BCUT2D eigenvalue weighted by molar-refractivity contribution is 0.0535. The van der Waals surface area contributed by atoms with E-state index in [1.54, 1.807) is 18.3 Å². The summed E-state index contributed by atoms with van der Waals surface area (Å²) in [5.74, 6) is 0.0379. The predicted molar refractivity (Wildman–Crippen MR) is 84.7 cm³/mol. The Labute approximate surface area is 129 Å². The van der Waals surface area contributed by atoms with Gasteiger partial charge in [-0.3, -0.25) is 9.78 Å². The van der Waals surface area contributed by atoms with E-state index in [2.05, 4.69) is 23.9 Å². The van der Waals surface area contributed by atoms with Crippen molar-refractivity contribution in [1.82, 2.24) is 14.8 Å². The summed E-state index contributed by atoms with van der Waals surface area (Å²) >= 11 is 6.20. The van der Waals surface area contributed by atoms with Crippen LogP contribution in [0, 0.1) is 0 Å². The number of fused-ring (bicyclic) bond motifs is 1. The summed E-state index contributed by atoms with van der Waals surface area (Å²) in [6.45, 7) is 4.62. The van der Waals surface area contributed by atoms with Gasteiger partial charge < -0.3 is 9.80 Å². The first-order chi connectivity index (χ1) is 10.1. The first-order valence-corrected chi connectivity index (χ1v) is 7.48. The number of hydrogen-bond acceptors (Lipinski definition) is 3. The standard InChI is InChI=1S/C16H18ClN3O/c1-11-10-19(2)8-9-20(11)16(21)13-5-6-14(17)12-4-3-7-18-15(12)13/h3-7,11H,8-10H2,1-2H3/t11-/m0/s1. The average molecular weight is 304 g/mol. The second-order valence-corrected chi connectivity index (χ2v) is 6.01. The summed E-state index contributed by atoms with van der Waals surface area (Å²) in [6.07, 6.45) is 1.70. The lowest BCUT2D eigenvalue weighted by Gasteiger charge is -2.38. The van der Waals surface area contributed by atoms with Crippen molar-refractivity contribution in [2.75, 3.05) is 26.7 Å². The van der Waals surface area contributed by atoms with E-state index in [1.165, 1.54) is 0 Å². The maximum Gasteiger partial charge on any atom is 0.256 e. The van der Waals surface area contributed by atoms with Gasteiger partial charge in [0.25, 0.3) is 5.91 Å². The molecule has 1 amide bonds. The van der Waals surface area contributed by atoms with E-state index >= 15 is 0 Å². The number of likely N-dealkylation sites (N-methyl/N-ethyl adjacent to an activating group) is 1. The Morgan fingerprint density at radius 1 is 1.33 bits per heavy atom. The van der Waals surface area contributed by atoms with E-state index < -0.39 is 0 Å². The zero-order chi connectivity index (χ0) is 15.0. The van der Waals surface area contributed by atoms with E-state index in [1.807, 2.05) is 17.0 Å². The second kappa shape index (κ2) is 5.62. The molecule has 2 aromatic rings. The minimum absolute atomic E-state index is 0.0379. The number of halogens is 1. The molecule has 0 N–H and O–H groups in total. The Balaban J connectivity index is 2.01. The third-order valence-corrected chi connectivity index (χ3v) is 4.37. The summed E-state index contributed by atoms with van der Waals surface area (Å²) in [7, 11) is 2.08. The minimum atomic E-state index is 0.0379. The molecule has 1 aromatic carbocycles. The lowest BCUT2D eigenvalue weighted by Crippen LogP contribution is -2.52. The predicted octanol–water partition coefficient (Wildman–Crippen LogP) is 2.66. The fourth-order valence-electron chi connectivity index (χ4n) is 2.91. The molecule has 1 saturated heterocycles. The van der Waals surface area contributed by atoms with E-state index in [4.69, 9.17) is 11.6 Å². The molecule has 1 fully saturated rings. The van der Waals surface area contributed by atoms with Gasteiger partial charge in [0.1, 0.15) is 0 Å². The van der Waals surface area contributed by atoms with Crippen molar-refractivity contribution in [3.05, 3.63) is 41.0 Å². The van der Waals surface area contributed by atoms with Gasteiger partial charge in [-0.05, 0) is 38.2 Å². The first-order valence-electron chi connectivity index (χ1n) is 7.10. The van der Waals surface area contributed by atoms with Crippen LogP contribution >= 0.6 is 11.6 Å². The lowest BCUT2D eigenvalue weighted by atomic mass is 10.1. The zero-order valence-corrected chi connectivity index (χ0v) is 13.0. The zero-order valence-electron chi connectivity index (χ0n) is 12.2. The van der Waals surface area contributed by atoms with Crippen LogP contribution in [0.25, 0.3) is 10.9 Å². The van der Waals surface area contributed by atoms with Gasteiger partial charge in [0, 0.05) is 37.3 Å². The maximum absolute atomic E-state index is 12.9. The quantitative estimate of drug-likeness (QED) is 0.812. The number of pyridine rings is 1. The number of hydrogen-bond donors (Lipinski definition) is 0. The van der Waals surface area contributed by atoms with Gasteiger partial charge in [0.05, 0.1) is 16.1 Å². The van der Waals surface area contributed by atoms with Crippen molar-refractivity contribution < 1.29 is 4.79 Å². The summed E-state index contributed by atoms with van der Waals surface area (Å²) < 4.78 is 0. The molecule has 0 saturated carbocycles. The molecule has 1 aliphatic rings. The van der Waals surface area contributed by atoms with Crippen LogP contribution in [0.15, 0.2) is 30.5 Å². The molecule has 2 heterocycles. The number of benzene rings is 1. The van der Waals surface area contributed by atoms with Crippen LogP contribution in [-0.2, 0) is 0 Å². The third-order valence-electron chi connectivity index (χ3n) is 4.04. The Morgan fingerprint density at radius 2 is 2.14 bits per heavy atom. The summed E-state index contributed by atoms with van der Waals surface area (Å²) in [5, 5.41) is 1.45. The fraction of sp³-hybridized carbons (Fsp3) is 0.375. The molecule has 4 nitrogen and oxygen atoms in total. The van der Waals surface area contributed by atoms with E-state index in [0.717, 1.165) is 25.0 Å². The van der Waals surface area contributed by atoms with Gasteiger partial charge in [-0.2, -0.15) is 0 Å². The monoisotopic (exact) mass is 303 g/mol. The second-order valence-electron chi connectivity index (χ2n) is 5.60. The van der Waals surface area contributed by atoms with Crippen LogP contribution in [0.5, 0.6) is 0 Å². The Morgan fingerprint density at radius 3 is 2.90 bits per heavy atom. The van der Waals surface area contributed by atoms with Gasteiger partial charge in [-0.15, -0.1) is 0 Å². The Bertz CT molecular complexity index is 688. The molecule has 0 aliphatic carbocycles. The highest BCUT2D eigenvalue weighted by molar-refractivity contribution is 6.36. The van der Waals surface area contributed by atoms with E-state index in [9.17, 15) is 4.79 Å². The molecule has 5 heteroatoms. The highest BCUT2D eigenvalue weighted by Gasteiger charge is 2.27. The average Bonchev–Trinajstić information content (AvgIpc) is 2.47.